The Hall–Kier alpha value is -1.14. The average Bonchev–Trinajstić information content (AvgIpc) is 2.38. The minimum Gasteiger partial charge on any atom is -0.370 e. The molecule has 1 unspecified atom stereocenters. The Morgan fingerprint density at radius 3 is 2.50 bits per heavy atom. The number of aromatic nitrogens is 1. The summed E-state index contributed by atoms with van der Waals surface area (Å²) in [5.41, 5.74) is 0. The topological polar surface area (TPSA) is 62.3 Å². The zero-order chi connectivity index (χ0) is 13.8. The molecule has 0 aliphatic carbocycles. The highest BCUT2D eigenvalue weighted by atomic mass is 32.2. The molecule has 102 valence electrons. The van der Waals surface area contributed by atoms with Gasteiger partial charge in [-0.05, 0) is 32.4 Å². The SMILES string of the molecule is CCNc1ccc(S(=O)(=O)N(C)C(C)CC)cn1. The van der Waals surface area contributed by atoms with Gasteiger partial charge in [0, 0.05) is 25.8 Å². The Bertz CT molecular complexity index is 471. The van der Waals surface area contributed by atoms with Crippen LogP contribution in [0.3, 0.4) is 0 Å². The molecule has 0 spiro atoms. The van der Waals surface area contributed by atoms with Crippen molar-refractivity contribution in [3.8, 4) is 0 Å². The van der Waals surface area contributed by atoms with Gasteiger partial charge in [-0.15, -0.1) is 0 Å². The lowest BCUT2D eigenvalue weighted by Crippen LogP contribution is -2.34. The molecule has 0 aromatic carbocycles. The van der Waals surface area contributed by atoms with Gasteiger partial charge >= 0.3 is 0 Å². The summed E-state index contributed by atoms with van der Waals surface area (Å²) >= 11 is 0. The predicted octanol–water partition coefficient (Wildman–Crippen LogP) is 1.93. The number of sulfonamides is 1. The third kappa shape index (κ3) is 3.20. The Morgan fingerprint density at radius 1 is 1.39 bits per heavy atom. The minimum atomic E-state index is -3.44. The lowest BCUT2D eigenvalue weighted by molar-refractivity contribution is 0.380. The van der Waals surface area contributed by atoms with Crippen molar-refractivity contribution in [3.05, 3.63) is 18.3 Å². The summed E-state index contributed by atoms with van der Waals surface area (Å²) < 4.78 is 25.9. The van der Waals surface area contributed by atoms with Crippen molar-refractivity contribution in [2.24, 2.45) is 0 Å². The van der Waals surface area contributed by atoms with Gasteiger partial charge in [-0.3, -0.25) is 0 Å². The summed E-state index contributed by atoms with van der Waals surface area (Å²) in [5, 5.41) is 3.03. The molecule has 5 nitrogen and oxygen atoms in total. The van der Waals surface area contributed by atoms with E-state index in [9.17, 15) is 8.42 Å². The number of rotatable bonds is 6. The Kier molecular flexibility index (Phi) is 5.10. The van der Waals surface area contributed by atoms with Gasteiger partial charge in [0.25, 0.3) is 0 Å². The molecule has 18 heavy (non-hydrogen) atoms. The van der Waals surface area contributed by atoms with Gasteiger partial charge in [-0.25, -0.2) is 13.4 Å². The molecule has 0 bridgehead atoms. The molecule has 1 rings (SSSR count). The van der Waals surface area contributed by atoms with Crippen LogP contribution in [0.1, 0.15) is 27.2 Å². The number of pyridine rings is 1. The maximum absolute atomic E-state index is 12.3. The summed E-state index contributed by atoms with van der Waals surface area (Å²) in [6.45, 7) is 6.57. The molecule has 1 heterocycles. The van der Waals surface area contributed by atoms with Crippen LogP contribution in [0.15, 0.2) is 23.2 Å². The van der Waals surface area contributed by atoms with Crippen LogP contribution in [0.5, 0.6) is 0 Å². The zero-order valence-corrected chi connectivity index (χ0v) is 12.2. The van der Waals surface area contributed by atoms with Gasteiger partial charge in [0.05, 0.1) is 0 Å². The fourth-order valence-corrected chi connectivity index (χ4v) is 2.86. The largest absolute Gasteiger partial charge is 0.370 e. The number of hydrogen-bond donors (Lipinski definition) is 1. The van der Waals surface area contributed by atoms with E-state index in [0.717, 1.165) is 13.0 Å². The molecule has 0 fully saturated rings. The van der Waals surface area contributed by atoms with Gasteiger partial charge in [0.2, 0.25) is 10.0 Å². The fourth-order valence-electron chi connectivity index (χ4n) is 1.48. The number of nitrogens with one attached hydrogen (secondary N) is 1. The normalized spacial score (nSPS) is 13.6. The van der Waals surface area contributed by atoms with Crippen molar-refractivity contribution < 1.29 is 8.42 Å². The summed E-state index contributed by atoms with van der Waals surface area (Å²) in [5.74, 6) is 0.683. The number of nitrogens with zero attached hydrogens (tertiary/aromatic N) is 2. The van der Waals surface area contributed by atoms with Gasteiger partial charge < -0.3 is 5.32 Å². The van der Waals surface area contributed by atoms with E-state index in [4.69, 9.17) is 0 Å². The maximum Gasteiger partial charge on any atom is 0.244 e. The first-order chi connectivity index (χ1) is 8.43. The van der Waals surface area contributed by atoms with Crippen molar-refractivity contribution in [1.82, 2.24) is 9.29 Å². The van der Waals surface area contributed by atoms with Gasteiger partial charge in [0.15, 0.2) is 0 Å². The van der Waals surface area contributed by atoms with E-state index in [0.29, 0.717) is 5.82 Å². The van der Waals surface area contributed by atoms with E-state index in [1.165, 1.54) is 10.5 Å². The number of anilines is 1. The molecule has 1 atom stereocenters. The maximum atomic E-state index is 12.3. The first-order valence-electron chi connectivity index (χ1n) is 6.11. The van der Waals surface area contributed by atoms with Gasteiger partial charge in [-0.1, -0.05) is 6.92 Å². The zero-order valence-electron chi connectivity index (χ0n) is 11.3. The van der Waals surface area contributed by atoms with E-state index in [2.05, 4.69) is 10.3 Å². The van der Waals surface area contributed by atoms with E-state index in [1.807, 2.05) is 20.8 Å². The molecular formula is C12H21N3O2S. The third-order valence-corrected chi connectivity index (χ3v) is 4.94. The minimum absolute atomic E-state index is 0.0246. The van der Waals surface area contributed by atoms with E-state index >= 15 is 0 Å². The van der Waals surface area contributed by atoms with Crippen LogP contribution in [0, 0.1) is 0 Å². The summed E-state index contributed by atoms with van der Waals surface area (Å²) in [4.78, 5) is 4.31. The van der Waals surface area contributed by atoms with Crippen LogP contribution in [0.2, 0.25) is 0 Å². The summed E-state index contributed by atoms with van der Waals surface area (Å²) in [6, 6.07) is 3.24. The second-order valence-corrected chi connectivity index (χ2v) is 6.19. The van der Waals surface area contributed by atoms with Crippen molar-refractivity contribution in [2.45, 2.75) is 38.1 Å². The molecule has 0 aliphatic rings. The highest BCUT2D eigenvalue weighted by Gasteiger charge is 2.24. The van der Waals surface area contributed by atoms with Crippen LogP contribution in [-0.2, 0) is 10.0 Å². The highest BCUT2D eigenvalue weighted by molar-refractivity contribution is 7.89. The molecule has 0 aliphatic heterocycles. The Morgan fingerprint density at radius 2 is 2.06 bits per heavy atom. The quantitative estimate of drug-likeness (QED) is 0.859. The van der Waals surface area contributed by atoms with Crippen LogP contribution >= 0.6 is 0 Å². The highest BCUT2D eigenvalue weighted by Crippen LogP contribution is 2.18. The van der Waals surface area contributed by atoms with Crippen LogP contribution < -0.4 is 5.32 Å². The third-order valence-electron chi connectivity index (χ3n) is 2.98. The first-order valence-corrected chi connectivity index (χ1v) is 7.55. The molecule has 0 saturated carbocycles. The Balaban J connectivity index is 2.98. The lowest BCUT2D eigenvalue weighted by atomic mass is 10.3. The smallest absolute Gasteiger partial charge is 0.244 e. The molecule has 1 N–H and O–H groups in total. The average molecular weight is 271 g/mol. The van der Waals surface area contributed by atoms with Gasteiger partial charge in [0.1, 0.15) is 10.7 Å². The van der Waals surface area contributed by atoms with Crippen LogP contribution in [-0.4, -0.2) is 37.3 Å². The molecule has 6 heteroatoms. The van der Waals surface area contributed by atoms with Crippen molar-refractivity contribution in [1.29, 1.82) is 0 Å². The monoisotopic (exact) mass is 271 g/mol. The first kappa shape index (κ1) is 14.9. The molecular weight excluding hydrogens is 250 g/mol. The molecule has 0 saturated heterocycles. The van der Waals surface area contributed by atoms with Crippen molar-refractivity contribution >= 4 is 15.8 Å². The van der Waals surface area contributed by atoms with Crippen LogP contribution in [0.25, 0.3) is 0 Å². The molecule has 1 aromatic rings. The lowest BCUT2D eigenvalue weighted by Gasteiger charge is -2.23. The predicted molar refractivity (Wildman–Crippen MR) is 73.1 cm³/mol. The molecule has 1 aromatic heterocycles. The van der Waals surface area contributed by atoms with Gasteiger partial charge in [-0.2, -0.15) is 4.31 Å². The van der Waals surface area contributed by atoms with E-state index in [1.54, 1.807) is 19.2 Å². The van der Waals surface area contributed by atoms with E-state index in [-0.39, 0.29) is 10.9 Å². The summed E-state index contributed by atoms with van der Waals surface area (Å²) in [7, 11) is -1.84. The summed E-state index contributed by atoms with van der Waals surface area (Å²) in [6.07, 6.45) is 2.17. The second kappa shape index (κ2) is 6.15. The van der Waals surface area contributed by atoms with Crippen molar-refractivity contribution in [3.63, 3.8) is 0 Å². The Labute approximate surface area is 109 Å². The van der Waals surface area contributed by atoms with Crippen LogP contribution in [0.4, 0.5) is 5.82 Å². The second-order valence-electron chi connectivity index (χ2n) is 4.19. The standard InChI is InChI=1S/C12H21N3O2S/c1-5-10(3)15(4)18(16,17)11-7-8-12(13-6-2)14-9-11/h7-10H,5-6H2,1-4H3,(H,13,14). The molecule has 0 amide bonds. The number of hydrogen-bond acceptors (Lipinski definition) is 4. The van der Waals surface area contributed by atoms with Crippen molar-refractivity contribution in [2.75, 3.05) is 18.9 Å². The van der Waals surface area contributed by atoms with E-state index < -0.39 is 10.0 Å². The molecule has 0 radical (unpaired) electrons. The fraction of sp³-hybridized carbons (Fsp3) is 0.583.